The molecule has 0 aromatic heterocycles. The summed E-state index contributed by atoms with van der Waals surface area (Å²) in [6, 6.07) is 0. The summed E-state index contributed by atoms with van der Waals surface area (Å²) in [4.78, 5) is 0. The van der Waals surface area contributed by atoms with E-state index in [0.29, 0.717) is 18.3 Å². The molecule has 0 radical (unpaired) electrons. The predicted molar refractivity (Wildman–Crippen MR) is 46.6 cm³/mol. The van der Waals surface area contributed by atoms with Crippen molar-refractivity contribution in [3.8, 4) is 0 Å². The number of aliphatic hydroxyl groups excluding tert-OH is 1. The van der Waals surface area contributed by atoms with Gasteiger partial charge in [0.1, 0.15) is 0 Å². The fourth-order valence-electron chi connectivity index (χ4n) is 3.09. The van der Waals surface area contributed by atoms with Gasteiger partial charge in [0.05, 0.1) is 11.7 Å². The fraction of sp³-hybridized carbons (Fsp3) is 1.00. The zero-order chi connectivity index (χ0) is 9.15. The smallest absolute Gasteiger partial charge is 0.0728 e. The van der Waals surface area contributed by atoms with Crippen LogP contribution in [0.25, 0.3) is 0 Å². The summed E-state index contributed by atoms with van der Waals surface area (Å²) >= 11 is 0. The molecular weight excluding hydrogens is 152 g/mol. The topological polar surface area (TPSA) is 40.5 Å². The van der Waals surface area contributed by atoms with Crippen LogP contribution in [0, 0.1) is 17.3 Å². The van der Waals surface area contributed by atoms with Gasteiger partial charge in [-0.3, -0.25) is 0 Å². The van der Waals surface area contributed by atoms with Crippen molar-refractivity contribution >= 4 is 0 Å². The van der Waals surface area contributed by atoms with Crippen LogP contribution in [0.2, 0.25) is 0 Å². The normalized spacial score (nSPS) is 56.2. The van der Waals surface area contributed by atoms with Gasteiger partial charge in [-0.25, -0.2) is 0 Å². The van der Waals surface area contributed by atoms with Crippen LogP contribution in [-0.4, -0.2) is 21.9 Å². The molecule has 3 aliphatic carbocycles. The maximum absolute atomic E-state index is 10.1. The number of rotatable bonds is 0. The molecule has 12 heavy (non-hydrogen) atoms. The van der Waals surface area contributed by atoms with E-state index in [1.807, 2.05) is 0 Å². The maximum Gasteiger partial charge on any atom is 0.0728 e. The molecule has 3 saturated carbocycles. The summed E-state index contributed by atoms with van der Waals surface area (Å²) in [6.45, 7) is 6.32. The first-order chi connectivity index (χ1) is 5.38. The van der Waals surface area contributed by atoms with Crippen LogP contribution in [0.4, 0.5) is 0 Å². The van der Waals surface area contributed by atoms with E-state index in [2.05, 4.69) is 20.8 Å². The predicted octanol–water partition coefficient (Wildman–Crippen LogP) is 1.16. The molecule has 3 rings (SSSR count). The second-order valence-corrected chi connectivity index (χ2v) is 5.19. The van der Waals surface area contributed by atoms with Gasteiger partial charge in [-0.05, 0) is 23.7 Å². The van der Waals surface area contributed by atoms with Crippen molar-refractivity contribution in [3.63, 3.8) is 0 Å². The SMILES string of the molecule is C[C@@H]1[C@@H](O)C[C@@]2(O)C[C@@H]1C2(C)C. The minimum absolute atomic E-state index is 0.0195. The lowest BCUT2D eigenvalue weighted by atomic mass is 9.42. The van der Waals surface area contributed by atoms with Gasteiger partial charge in [0.25, 0.3) is 0 Å². The van der Waals surface area contributed by atoms with Crippen LogP contribution >= 0.6 is 0 Å². The van der Waals surface area contributed by atoms with Crippen LogP contribution in [-0.2, 0) is 0 Å². The largest absolute Gasteiger partial charge is 0.393 e. The van der Waals surface area contributed by atoms with Gasteiger partial charge in [-0.1, -0.05) is 20.8 Å². The van der Waals surface area contributed by atoms with Gasteiger partial charge in [-0.15, -0.1) is 0 Å². The van der Waals surface area contributed by atoms with E-state index in [4.69, 9.17) is 0 Å². The third-order valence-electron chi connectivity index (χ3n) is 4.47. The third kappa shape index (κ3) is 0.728. The first-order valence-electron chi connectivity index (χ1n) is 4.79. The molecule has 4 atom stereocenters. The van der Waals surface area contributed by atoms with Crippen molar-refractivity contribution in [2.45, 2.75) is 45.3 Å². The van der Waals surface area contributed by atoms with Crippen LogP contribution in [0.3, 0.4) is 0 Å². The van der Waals surface area contributed by atoms with E-state index >= 15 is 0 Å². The summed E-state index contributed by atoms with van der Waals surface area (Å²) in [5.74, 6) is 0.861. The van der Waals surface area contributed by atoms with E-state index in [-0.39, 0.29) is 11.5 Å². The lowest BCUT2D eigenvalue weighted by Gasteiger charge is -2.66. The Bertz CT molecular complexity index is 209. The molecule has 3 fully saturated rings. The Morgan fingerprint density at radius 2 is 1.83 bits per heavy atom. The average Bonchev–Trinajstić information content (AvgIpc) is 1.96. The molecule has 2 N–H and O–H groups in total. The summed E-state index contributed by atoms with van der Waals surface area (Å²) in [5.41, 5.74) is -0.560. The summed E-state index contributed by atoms with van der Waals surface area (Å²) in [7, 11) is 0. The molecule has 0 spiro atoms. The monoisotopic (exact) mass is 170 g/mol. The van der Waals surface area contributed by atoms with Gasteiger partial charge in [0.15, 0.2) is 0 Å². The Morgan fingerprint density at radius 1 is 1.25 bits per heavy atom. The van der Waals surface area contributed by atoms with Crippen LogP contribution < -0.4 is 0 Å². The van der Waals surface area contributed by atoms with Gasteiger partial charge >= 0.3 is 0 Å². The molecule has 2 nitrogen and oxygen atoms in total. The van der Waals surface area contributed by atoms with Crippen molar-refractivity contribution in [2.24, 2.45) is 17.3 Å². The first kappa shape index (κ1) is 8.52. The van der Waals surface area contributed by atoms with E-state index in [1.54, 1.807) is 0 Å². The molecule has 0 amide bonds. The van der Waals surface area contributed by atoms with Crippen molar-refractivity contribution < 1.29 is 10.2 Å². The number of hydrogen-bond acceptors (Lipinski definition) is 2. The molecule has 2 bridgehead atoms. The van der Waals surface area contributed by atoms with Gasteiger partial charge in [-0.2, -0.15) is 0 Å². The molecule has 0 aliphatic heterocycles. The highest BCUT2D eigenvalue weighted by Crippen LogP contribution is 2.63. The van der Waals surface area contributed by atoms with Crippen LogP contribution in [0.1, 0.15) is 33.6 Å². The molecule has 0 saturated heterocycles. The molecule has 0 aromatic rings. The highest BCUT2D eigenvalue weighted by Gasteiger charge is 2.65. The number of aliphatic hydroxyl groups is 2. The molecule has 2 heteroatoms. The van der Waals surface area contributed by atoms with E-state index in [1.165, 1.54) is 0 Å². The summed E-state index contributed by atoms with van der Waals surface area (Å²) in [5, 5.41) is 19.7. The van der Waals surface area contributed by atoms with Crippen molar-refractivity contribution in [3.05, 3.63) is 0 Å². The number of hydrogen-bond donors (Lipinski definition) is 2. The lowest BCUT2D eigenvalue weighted by molar-refractivity contribution is -0.269. The van der Waals surface area contributed by atoms with E-state index in [0.717, 1.165) is 6.42 Å². The van der Waals surface area contributed by atoms with Crippen molar-refractivity contribution in [1.29, 1.82) is 0 Å². The van der Waals surface area contributed by atoms with E-state index in [9.17, 15) is 10.2 Å². The average molecular weight is 170 g/mol. The first-order valence-corrected chi connectivity index (χ1v) is 4.79. The quantitative estimate of drug-likeness (QED) is 0.573. The Kier molecular flexibility index (Phi) is 1.45. The van der Waals surface area contributed by atoms with Gasteiger partial charge in [0, 0.05) is 6.42 Å². The third-order valence-corrected chi connectivity index (χ3v) is 4.47. The maximum atomic E-state index is 10.1. The second kappa shape index (κ2) is 2.05. The highest BCUT2D eigenvalue weighted by atomic mass is 16.3. The zero-order valence-electron chi connectivity index (χ0n) is 8.04. The minimum Gasteiger partial charge on any atom is -0.393 e. The Balaban J connectivity index is 2.26. The minimum atomic E-state index is -0.580. The molecule has 0 heterocycles. The van der Waals surface area contributed by atoms with Crippen LogP contribution in [0.15, 0.2) is 0 Å². The molecule has 0 unspecified atom stereocenters. The van der Waals surface area contributed by atoms with Gasteiger partial charge in [0.2, 0.25) is 0 Å². The van der Waals surface area contributed by atoms with E-state index < -0.39 is 5.60 Å². The standard InChI is InChI=1S/C10H18O2/c1-6-7-4-10(12,5-8(6)11)9(7,2)3/h6-8,11-12H,4-5H2,1-3H3/t6-,7-,8-,10-/m0/s1. The number of fused-ring (bicyclic) bond motifs is 2. The molecule has 3 aliphatic rings. The summed E-state index contributed by atoms with van der Waals surface area (Å²) < 4.78 is 0. The molecule has 0 aromatic carbocycles. The Labute approximate surface area is 73.6 Å². The van der Waals surface area contributed by atoms with Crippen molar-refractivity contribution in [1.82, 2.24) is 0 Å². The van der Waals surface area contributed by atoms with Gasteiger partial charge < -0.3 is 10.2 Å². The zero-order valence-corrected chi connectivity index (χ0v) is 8.04. The Morgan fingerprint density at radius 3 is 2.25 bits per heavy atom. The summed E-state index contributed by atoms with van der Waals surface area (Å²) in [6.07, 6.45) is 1.16. The fourth-order valence-corrected chi connectivity index (χ4v) is 3.09. The highest BCUT2D eigenvalue weighted by molar-refractivity contribution is 5.15. The van der Waals surface area contributed by atoms with Crippen LogP contribution in [0.5, 0.6) is 0 Å². The lowest BCUT2D eigenvalue weighted by Crippen LogP contribution is -2.69. The van der Waals surface area contributed by atoms with Crippen molar-refractivity contribution in [2.75, 3.05) is 0 Å². The molecular formula is C10H18O2. The second-order valence-electron chi connectivity index (χ2n) is 5.19. The Hall–Kier alpha value is -0.0800. The molecule has 70 valence electrons.